The fraction of sp³-hybridized carbons (Fsp3) is 0.381. The first kappa shape index (κ1) is 22.8. The van der Waals surface area contributed by atoms with Crippen molar-refractivity contribution in [1.82, 2.24) is 9.80 Å². The molecule has 152 valence electrons. The van der Waals surface area contributed by atoms with Gasteiger partial charge in [0, 0.05) is 19.3 Å². The minimum atomic E-state index is 0. The number of amides is 1. The number of carbonyl (C=O) groups excluding carboxylic acids is 1. The average molecular weight is 443 g/mol. The summed E-state index contributed by atoms with van der Waals surface area (Å²) in [5, 5.41) is 0.808. The van der Waals surface area contributed by atoms with Gasteiger partial charge in [0.15, 0.2) is 0 Å². The van der Waals surface area contributed by atoms with Gasteiger partial charge in [-0.15, -0.1) is 12.4 Å². The van der Waals surface area contributed by atoms with Gasteiger partial charge in [0.1, 0.15) is 0 Å². The zero-order valence-corrected chi connectivity index (χ0v) is 18.2. The van der Waals surface area contributed by atoms with Crippen molar-refractivity contribution < 1.29 is 4.79 Å². The third-order valence-corrected chi connectivity index (χ3v) is 5.92. The minimum Gasteiger partial charge on any atom is -0.398 e. The highest BCUT2D eigenvalue weighted by Crippen LogP contribution is 2.29. The molecule has 1 amide bonds. The number of benzene rings is 2. The van der Waals surface area contributed by atoms with E-state index in [2.05, 4.69) is 17.0 Å². The van der Waals surface area contributed by atoms with Crippen LogP contribution in [-0.2, 0) is 11.2 Å². The molecule has 4 nitrogen and oxygen atoms in total. The second-order valence-corrected chi connectivity index (χ2v) is 7.90. The van der Waals surface area contributed by atoms with Gasteiger partial charge in [-0.25, -0.2) is 0 Å². The van der Waals surface area contributed by atoms with Crippen molar-refractivity contribution in [2.24, 2.45) is 0 Å². The van der Waals surface area contributed by atoms with Crippen LogP contribution in [0.1, 0.15) is 30.0 Å². The molecular weight excluding hydrogens is 417 g/mol. The molecule has 2 N–H and O–H groups in total. The second kappa shape index (κ2) is 10.4. The Hall–Kier alpha value is -1.46. The van der Waals surface area contributed by atoms with Crippen LogP contribution in [0, 0.1) is 0 Å². The van der Waals surface area contributed by atoms with Gasteiger partial charge in [0.05, 0.1) is 22.5 Å². The first-order chi connectivity index (χ1) is 13.0. The third-order valence-electron chi connectivity index (χ3n) is 5.20. The molecule has 1 aliphatic heterocycles. The van der Waals surface area contributed by atoms with Crippen molar-refractivity contribution in [1.29, 1.82) is 0 Å². The van der Waals surface area contributed by atoms with Gasteiger partial charge in [-0.3, -0.25) is 4.79 Å². The molecular formula is C21H26Cl3N3O. The van der Waals surface area contributed by atoms with Gasteiger partial charge in [-0.1, -0.05) is 53.5 Å². The number of nitrogens with two attached hydrogens (primary N) is 1. The van der Waals surface area contributed by atoms with Crippen molar-refractivity contribution in [2.45, 2.75) is 25.3 Å². The minimum absolute atomic E-state index is 0. The monoisotopic (exact) mass is 441 g/mol. The molecule has 0 spiro atoms. The third kappa shape index (κ3) is 5.54. The maximum atomic E-state index is 13.0. The van der Waals surface area contributed by atoms with E-state index in [9.17, 15) is 4.79 Å². The molecule has 0 bridgehead atoms. The Kier molecular flexibility index (Phi) is 8.44. The van der Waals surface area contributed by atoms with E-state index in [0.29, 0.717) is 21.3 Å². The lowest BCUT2D eigenvalue weighted by atomic mass is 10.0. The number of nitrogens with zero attached hydrogens (tertiary/aromatic N) is 2. The molecule has 1 atom stereocenters. The quantitative estimate of drug-likeness (QED) is 0.652. The Balaban J connectivity index is 0.00000280. The summed E-state index contributed by atoms with van der Waals surface area (Å²) in [5.74, 6) is 0.00754. The Morgan fingerprint density at radius 3 is 2.39 bits per heavy atom. The fourth-order valence-corrected chi connectivity index (χ4v) is 3.91. The van der Waals surface area contributed by atoms with Gasteiger partial charge in [0.25, 0.3) is 0 Å². The summed E-state index contributed by atoms with van der Waals surface area (Å²) in [5.41, 5.74) is 8.37. The molecule has 1 heterocycles. The average Bonchev–Trinajstić information content (AvgIpc) is 3.17. The molecule has 0 aliphatic carbocycles. The molecule has 7 heteroatoms. The van der Waals surface area contributed by atoms with Crippen LogP contribution in [-0.4, -0.2) is 42.4 Å². The molecule has 2 aromatic carbocycles. The summed E-state index contributed by atoms with van der Waals surface area (Å²) >= 11 is 12.1. The van der Waals surface area contributed by atoms with Gasteiger partial charge < -0.3 is 15.5 Å². The predicted octanol–water partition coefficient (Wildman–Crippen LogP) is 4.84. The molecule has 1 aliphatic rings. The highest BCUT2D eigenvalue weighted by molar-refractivity contribution is 6.42. The van der Waals surface area contributed by atoms with Crippen molar-refractivity contribution in [3.63, 3.8) is 0 Å². The SMILES string of the molecule is CN(C(=O)Cc1cc(Cl)c(Cl)cc1N)[C@H](CN1CCCC1)c1ccccc1.Cl. The lowest BCUT2D eigenvalue weighted by Crippen LogP contribution is -2.39. The number of likely N-dealkylation sites (tertiary alicyclic amines) is 1. The van der Waals surface area contributed by atoms with Gasteiger partial charge in [0.2, 0.25) is 5.91 Å². The van der Waals surface area contributed by atoms with Crippen molar-refractivity contribution in [2.75, 3.05) is 32.4 Å². The van der Waals surface area contributed by atoms with Crippen LogP contribution in [0.25, 0.3) is 0 Å². The van der Waals surface area contributed by atoms with Gasteiger partial charge in [-0.05, 0) is 49.2 Å². The lowest BCUT2D eigenvalue weighted by Gasteiger charge is -2.32. The Labute approximate surface area is 183 Å². The molecule has 0 unspecified atom stereocenters. The summed E-state index contributed by atoms with van der Waals surface area (Å²) in [7, 11) is 1.86. The second-order valence-electron chi connectivity index (χ2n) is 7.08. The first-order valence-electron chi connectivity index (χ1n) is 9.22. The van der Waals surface area contributed by atoms with Gasteiger partial charge in [-0.2, -0.15) is 0 Å². The smallest absolute Gasteiger partial charge is 0.227 e. The summed E-state index contributed by atoms with van der Waals surface area (Å²) in [6, 6.07) is 13.5. The Morgan fingerprint density at radius 2 is 1.75 bits per heavy atom. The summed E-state index contributed by atoms with van der Waals surface area (Å²) in [6.45, 7) is 3.01. The van der Waals surface area contributed by atoms with Crippen LogP contribution in [0.2, 0.25) is 10.0 Å². The van der Waals surface area contributed by atoms with Crippen LogP contribution in [0.3, 0.4) is 0 Å². The fourth-order valence-electron chi connectivity index (χ4n) is 3.55. The normalized spacial score (nSPS) is 15.1. The van der Waals surface area contributed by atoms with Crippen LogP contribution in [0.4, 0.5) is 5.69 Å². The van der Waals surface area contributed by atoms with Crippen LogP contribution in [0.5, 0.6) is 0 Å². The van der Waals surface area contributed by atoms with Crippen LogP contribution < -0.4 is 5.73 Å². The number of carbonyl (C=O) groups is 1. The van der Waals surface area contributed by atoms with E-state index in [4.69, 9.17) is 28.9 Å². The summed E-state index contributed by atoms with van der Waals surface area (Å²) in [4.78, 5) is 17.3. The molecule has 1 fully saturated rings. The number of likely N-dealkylation sites (N-methyl/N-ethyl adjacent to an activating group) is 1. The van der Waals surface area contributed by atoms with E-state index >= 15 is 0 Å². The Bertz CT molecular complexity index is 795. The predicted molar refractivity (Wildman–Crippen MR) is 119 cm³/mol. The lowest BCUT2D eigenvalue weighted by molar-refractivity contribution is -0.131. The molecule has 28 heavy (non-hydrogen) atoms. The topological polar surface area (TPSA) is 49.6 Å². The number of hydrogen-bond donors (Lipinski definition) is 1. The highest BCUT2D eigenvalue weighted by atomic mass is 35.5. The van der Waals surface area contributed by atoms with Crippen LogP contribution >= 0.6 is 35.6 Å². The molecule has 0 aromatic heterocycles. The zero-order chi connectivity index (χ0) is 19.4. The largest absolute Gasteiger partial charge is 0.398 e. The number of anilines is 1. The maximum Gasteiger partial charge on any atom is 0.227 e. The zero-order valence-electron chi connectivity index (χ0n) is 15.9. The van der Waals surface area contributed by atoms with Gasteiger partial charge >= 0.3 is 0 Å². The highest BCUT2D eigenvalue weighted by Gasteiger charge is 2.26. The number of halogens is 3. The van der Waals surface area contributed by atoms with Crippen molar-refractivity contribution in [3.05, 3.63) is 63.6 Å². The van der Waals surface area contributed by atoms with E-state index in [1.54, 1.807) is 12.1 Å². The molecule has 0 radical (unpaired) electrons. The molecule has 0 saturated carbocycles. The maximum absolute atomic E-state index is 13.0. The number of hydrogen-bond acceptors (Lipinski definition) is 3. The van der Waals surface area contributed by atoms with E-state index in [-0.39, 0.29) is 30.8 Å². The Morgan fingerprint density at radius 1 is 1.14 bits per heavy atom. The van der Waals surface area contributed by atoms with E-state index in [0.717, 1.165) is 25.2 Å². The number of rotatable bonds is 6. The van der Waals surface area contributed by atoms with E-state index in [1.165, 1.54) is 12.8 Å². The van der Waals surface area contributed by atoms with Crippen molar-refractivity contribution in [3.8, 4) is 0 Å². The van der Waals surface area contributed by atoms with E-state index in [1.807, 2.05) is 30.1 Å². The van der Waals surface area contributed by atoms with Crippen molar-refractivity contribution >= 4 is 47.2 Å². The summed E-state index contributed by atoms with van der Waals surface area (Å²) < 4.78 is 0. The first-order valence-corrected chi connectivity index (χ1v) is 9.97. The van der Waals surface area contributed by atoms with Crippen LogP contribution in [0.15, 0.2) is 42.5 Å². The molecule has 2 aromatic rings. The van der Waals surface area contributed by atoms with E-state index < -0.39 is 0 Å². The summed E-state index contributed by atoms with van der Waals surface area (Å²) in [6.07, 6.45) is 2.64. The molecule has 3 rings (SSSR count). The standard InChI is InChI=1S/C21H25Cl2N3O.ClH/c1-25(21(27)12-16-11-17(22)18(23)13-19(16)24)20(14-26-9-5-6-10-26)15-7-3-2-4-8-15;/h2-4,7-8,11,13,20H,5-6,9-10,12,14,24H2,1H3;1H/t20-;/m1./s1. The number of nitrogen functional groups attached to an aromatic ring is 1. The molecule has 1 saturated heterocycles.